The summed E-state index contributed by atoms with van der Waals surface area (Å²) in [4.78, 5) is 2.44. The SMILES string of the molecule is C[C@@H](O)c1cc2n(n1)CCN(Cc1ccccc1Cn1cccn1)C2. The highest BCUT2D eigenvalue weighted by Gasteiger charge is 2.20. The molecule has 0 radical (unpaired) electrons. The van der Waals surface area contributed by atoms with Crippen molar-refractivity contribution in [3.8, 4) is 0 Å². The van der Waals surface area contributed by atoms with Gasteiger partial charge in [-0.25, -0.2) is 0 Å². The molecule has 2 aromatic heterocycles. The van der Waals surface area contributed by atoms with E-state index >= 15 is 0 Å². The summed E-state index contributed by atoms with van der Waals surface area (Å²) in [5, 5.41) is 18.5. The van der Waals surface area contributed by atoms with Gasteiger partial charge in [0.1, 0.15) is 0 Å². The first-order valence-corrected chi connectivity index (χ1v) is 8.70. The predicted octanol–water partition coefficient (Wildman–Crippen LogP) is 2.20. The summed E-state index contributed by atoms with van der Waals surface area (Å²) < 4.78 is 3.98. The zero-order valence-electron chi connectivity index (χ0n) is 14.4. The van der Waals surface area contributed by atoms with Gasteiger partial charge < -0.3 is 5.11 Å². The molecule has 0 spiro atoms. The van der Waals surface area contributed by atoms with Crippen molar-refractivity contribution in [1.82, 2.24) is 24.5 Å². The van der Waals surface area contributed by atoms with E-state index in [1.165, 1.54) is 16.8 Å². The molecule has 6 heteroatoms. The van der Waals surface area contributed by atoms with E-state index in [4.69, 9.17) is 0 Å². The molecule has 0 amide bonds. The minimum absolute atomic E-state index is 0.513. The molecule has 1 aliphatic heterocycles. The molecule has 6 nitrogen and oxygen atoms in total. The lowest BCUT2D eigenvalue weighted by molar-refractivity contribution is 0.189. The highest BCUT2D eigenvalue weighted by atomic mass is 16.3. The van der Waals surface area contributed by atoms with Gasteiger partial charge in [-0.3, -0.25) is 14.3 Å². The van der Waals surface area contributed by atoms with Crippen LogP contribution in [0.5, 0.6) is 0 Å². The molecule has 1 aromatic carbocycles. The van der Waals surface area contributed by atoms with Gasteiger partial charge in [-0.1, -0.05) is 24.3 Å². The molecule has 0 aliphatic carbocycles. The van der Waals surface area contributed by atoms with Crippen LogP contribution in [0.25, 0.3) is 0 Å². The molecule has 3 aromatic rings. The number of aliphatic hydroxyl groups is 1. The first kappa shape index (κ1) is 16.1. The van der Waals surface area contributed by atoms with Gasteiger partial charge in [-0.2, -0.15) is 10.2 Å². The Morgan fingerprint density at radius 1 is 1.12 bits per heavy atom. The van der Waals surface area contributed by atoms with Crippen LogP contribution >= 0.6 is 0 Å². The second-order valence-corrected chi connectivity index (χ2v) is 6.64. The molecule has 0 unspecified atom stereocenters. The van der Waals surface area contributed by atoms with Crippen LogP contribution in [0.4, 0.5) is 0 Å². The average molecular weight is 337 g/mol. The maximum absolute atomic E-state index is 9.74. The molecular formula is C19H23N5O. The van der Waals surface area contributed by atoms with Crippen LogP contribution in [0.3, 0.4) is 0 Å². The number of benzene rings is 1. The normalized spacial score (nSPS) is 15.9. The standard InChI is InChI=1S/C19H23N5O/c1-15(25)19-11-18-14-22(9-10-24(18)21-19)12-16-5-2-3-6-17(16)13-23-8-4-7-20-23/h2-8,11,15,25H,9-10,12-14H2,1H3/t15-/m1/s1. The predicted molar refractivity (Wildman–Crippen MR) is 94.7 cm³/mol. The van der Waals surface area contributed by atoms with E-state index in [0.717, 1.165) is 38.4 Å². The zero-order valence-corrected chi connectivity index (χ0v) is 14.4. The molecular weight excluding hydrogens is 314 g/mol. The molecule has 0 saturated carbocycles. The monoisotopic (exact) mass is 337 g/mol. The molecule has 4 rings (SSSR count). The third kappa shape index (κ3) is 3.50. The van der Waals surface area contributed by atoms with Crippen LogP contribution in [0.2, 0.25) is 0 Å². The van der Waals surface area contributed by atoms with Gasteiger partial charge in [0.2, 0.25) is 0 Å². The van der Waals surface area contributed by atoms with Gasteiger partial charge in [0.05, 0.1) is 30.6 Å². The third-order valence-corrected chi connectivity index (χ3v) is 4.73. The highest BCUT2D eigenvalue weighted by molar-refractivity contribution is 5.27. The molecule has 25 heavy (non-hydrogen) atoms. The number of hydrogen-bond donors (Lipinski definition) is 1. The molecule has 0 fully saturated rings. The van der Waals surface area contributed by atoms with Gasteiger partial charge in [0.15, 0.2) is 0 Å². The summed E-state index contributed by atoms with van der Waals surface area (Å²) in [6, 6.07) is 12.5. The van der Waals surface area contributed by atoms with Crippen LogP contribution in [0.15, 0.2) is 48.8 Å². The van der Waals surface area contributed by atoms with Crippen molar-refractivity contribution < 1.29 is 5.11 Å². The van der Waals surface area contributed by atoms with Crippen molar-refractivity contribution in [2.75, 3.05) is 6.54 Å². The largest absolute Gasteiger partial charge is 0.387 e. The van der Waals surface area contributed by atoms with E-state index in [1.54, 1.807) is 6.92 Å². The third-order valence-electron chi connectivity index (χ3n) is 4.73. The minimum atomic E-state index is -0.513. The van der Waals surface area contributed by atoms with Gasteiger partial charge >= 0.3 is 0 Å². The minimum Gasteiger partial charge on any atom is -0.387 e. The summed E-state index contributed by atoms with van der Waals surface area (Å²) in [6.07, 6.45) is 3.29. The number of aliphatic hydroxyl groups excluding tert-OH is 1. The van der Waals surface area contributed by atoms with Gasteiger partial charge in [0, 0.05) is 32.0 Å². The molecule has 0 saturated heterocycles. The molecule has 130 valence electrons. The van der Waals surface area contributed by atoms with E-state index < -0.39 is 6.10 Å². The highest BCUT2D eigenvalue weighted by Crippen LogP contribution is 2.20. The Kier molecular flexibility index (Phi) is 4.38. The molecule has 0 bridgehead atoms. The Bertz CT molecular complexity index is 837. The van der Waals surface area contributed by atoms with Crippen molar-refractivity contribution in [3.05, 3.63) is 71.3 Å². The smallest absolute Gasteiger partial charge is 0.0950 e. The Hall–Kier alpha value is -2.44. The second kappa shape index (κ2) is 6.82. The van der Waals surface area contributed by atoms with E-state index in [-0.39, 0.29) is 0 Å². The number of nitrogens with zero attached hydrogens (tertiary/aromatic N) is 5. The van der Waals surface area contributed by atoms with Crippen molar-refractivity contribution in [2.45, 2.75) is 39.2 Å². The summed E-state index contributed by atoms with van der Waals surface area (Å²) >= 11 is 0. The Morgan fingerprint density at radius 3 is 2.64 bits per heavy atom. The fourth-order valence-electron chi connectivity index (χ4n) is 3.36. The van der Waals surface area contributed by atoms with E-state index in [9.17, 15) is 5.11 Å². The Morgan fingerprint density at radius 2 is 1.92 bits per heavy atom. The second-order valence-electron chi connectivity index (χ2n) is 6.64. The summed E-state index contributed by atoms with van der Waals surface area (Å²) in [5.41, 5.74) is 4.57. The van der Waals surface area contributed by atoms with Crippen LogP contribution < -0.4 is 0 Å². The first-order chi connectivity index (χ1) is 12.2. The maximum atomic E-state index is 9.74. The number of rotatable bonds is 5. The number of aromatic nitrogens is 4. The average Bonchev–Trinajstić information content (AvgIpc) is 3.25. The van der Waals surface area contributed by atoms with Crippen molar-refractivity contribution in [1.29, 1.82) is 0 Å². The van der Waals surface area contributed by atoms with Crippen LogP contribution in [0.1, 0.15) is 35.5 Å². The van der Waals surface area contributed by atoms with Crippen molar-refractivity contribution >= 4 is 0 Å². The van der Waals surface area contributed by atoms with E-state index in [2.05, 4.69) is 39.4 Å². The van der Waals surface area contributed by atoms with Crippen molar-refractivity contribution in [2.24, 2.45) is 0 Å². The maximum Gasteiger partial charge on any atom is 0.0950 e. The lowest BCUT2D eigenvalue weighted by Gasteiger charge is -2.28. The topological polar surface area (TPSA) is 59.1 Å². The lowest BCUT2D eigenvalue weighted by atomic mass is 10.1. The Labute approximate surface area is 147 Å². The molecule has 1 atom stereocenters. The van der Waals surface area contributed by atoms with E-state index in [0.29, 0.717) is 0 Å². The summed E-state index contributed by atoms with van der Waals surface area (Å²) in [6.45, 7) is 6.15. The van der Waals surface area contributed by atoms with Crippen LogP contribution in [-0.4, -0.2) is 36.1 Å². The van der Waals surface area contributed by atoms with Gasteiger partial charge in [-0.15, -0.1) is 0 Å². The first-order valence-electron chi connectivity index (χ1n) is 8.70. The fourth-order valence-corrected chi connectivity index (χ4v) is 3.36. The van der Waals surface area contributed by atoms with Crippen LogP contribution in [-0.2, 0) is 26.2 Å². The summed E-state index contributed by atoms with van der Waals surface area (Å²) in [7, 11) is 0. The zero-order chi connectivity index (χ0) is 17.2. The fraction of sp³-hybridized carbons (Fsp3) is 0.368. The van der Waals surface area contributed by atoms with Crippen LogP contribution in [0, 0.1) is 0 Å². The molecule has 1 N–H and O–H groups in total. The Balaban J connectivity index is 1.49. The molecule has 1 aliphatic rings. The number of hydrogen-bond acceptors (Lipinski definition) is 4. The van der Waals surface area contributed by atoms with Gasteiger partial charge in [-0.05, 0) is 30.2 Å². The molecule has 3 heterocycles. The summed E-state index contributed by atoms with van der Waals surface area (Å²) in [5.74, 6) is 0. The van der Waals surface area contributed by atoms with E-state index in [1.807, 2.05) is 33.9 Å². The van der Waals surface area contributed by atoms with Crippen molar-refractivity contribution in [3.63, 3.8) is 0 Å². The van der Waals surface area contributed by atoms with Gasteiger partial charge in [0.25, 0.3) is 0 Å². The lowest BCUT2D eigenvalue weighted by Crippen LogP contribution is -2.33. The number of fused-ring (bicyclic) bond motifs is 1. The quantitative estimate of drug-likeness (QED) is 0.775.